The number of esters is 3. The highest BCUT2D eigenvalue weighted by Gasteiger charge is 2.19. The summed E-state index contributed by atoms with van der Waals surface area (Å²) in [6, 6.07) is 0. The van der Waals surface area contributed by atoms with Crippen molar-refractivity contribution in [3.05, 3.63) is 36.5 Å². The summed E-state index contributed by atoms with van der Waals surface area (Å²) in [5.41, 5.74) is 0. The third kappa shape index (κ3) is 52.5. The molecule has 0 radical (unpaired) electrons. The fourth-order valence-corrected chi connectivity index (χ4v) is 8.25. The molecular weight excluding hydrogens is 805 g/mol. The summed E-state index contributed by atoms with van der Waals surface area (Å²) < 4.78 is 16.9. The SMILES string of the molecule is CCCCCCC=CCCCCCCCC(=O)OC[C@H](COC(=O)CCCCCCCCCC=CCCCCCCCC)OC(=O)CCCCCCCCCC=CCCCCCCCC. The Morgan fingerprint density at radius 2 is 0.508 bits per heavy atom. The molecule has 0 aromatic heterocycles. The Hall–Kier alpha value is -2.37. The van der Waals surface area contributed by atoms with E-state index in [-0.39, 0.29) is 31.1 Å². The van der Waals surface area contributed by atoms with E-state index in [0.29, 0.717) is 19.3 Å². The molecule has 0 aliphatic carbocycles. The Kier molecular flexibility index (Phi) is 52.3. The van der Waals surface area contributed by atoms with Gasteiger partial charge in [-0.05, 0) is 96.3 Å². The van der Waals surface area contributed by atoms with E-state index < -0.39 is 6.10 Å². The quantitative estimate of drug-likeness (QED) is 0.0262. The van der Waals surface area contributed by atoms with E-state index >= 15 is 0 Å². The van der Waals surface area contributed by atoms with Crippen molar-refractivity contribution in [2.24, 2.45) is 0 Å². The lowest BCUT2D eigenvalue weighted by Crippen LogP contribution is -2.30. The number of ether oxygens (including phenoxy) is 3. The van der Waals surface area contributed by atoms with Crippen LogP contribution in [-0.2, 0) is 28.6 Å². The third-order valence-electron chi connectivity index (χ3n) is 12.6. The number of allylic oxidation sites excluding steroid dienone is 6. The summed E-state index contributed by atoms with van der Waals surface area (Å²) >= 11 is 0. The molecule has 0 bridgehead atoms. The molecule has 1 atom stereocenters. The van der Waals surface area contributed by atoms with Crippen LogP contribution in [-0.4, -0.2) is 37.2 Å². The van der Waals surface area contributed by atoms with Crippen molar-refractivity contribution in [2.75, 3.05) is 13.2 Å². The van der Waals surface area contributed by atoms with Gasteiger partial charge in [-0.2, -0.15) is 0 Å². The van der Waals surface area contributed by atoms with Crippen molar-refractivity contribution >= 4 is 17.9 Å². The van der Waals surface area contributed by atoms with Gasteiger partial charge >= 0.3 is 17.9 Å². The third-order valence-corrected chi connectivity index (χ3v) is 12.6. The maximum Gasteiger partial charge on any atom is 0.306 e. The smallest absolute Gasteiger partial charge is 0.306 e. The minimum Gasteiger partial charge on any atom is -0.462 e. The molecule has 0 aliphatic heterocycles. The first-order valence-corrected chi connectivity index (χ1v) is 28.5. The van der Waals surface area contributed by atoms with Gasteiger partial charge in [-0.15, -0.1) is 0 Å². The topological polar surface area (TPSA) is 78.9 Å². The second-order valence-electron chi connectivity index (χ2n) is 19.2. The van der Waals surface area contributed by atoms with E-state index in [1.807, 2.05) is 0 Å². The summed E-state index contributed by atoms with van der Waals surface area (Å²) in [5.74, 6) is -0.880. The average molecular weight is 914 g/mol. The normalized spacial score (nSPS) is 12.2. The lowest BCUT2D eigenvalue weighted by Gasteiger charge is -2.18. The van der Waals surface area contributed by atoms with Crippen molar-refractivity contribution in [1.29, 1.82) is 0 Å². The van der Waals surface area contributed by atoms with Crippen molar-refractivity contribution in [3.63, 3.8) is 0 Å². The van der Waals surface area contributed by atoms with Crippen LogP contribution in [0.15, 0.2) is 36.5 Å². The van der Waals surface area contributed by atoms with Crippen molar-refractivity contribution in [2.45, 2.75) is 309 Å². The maximum absolute atomic E-state index is 12.8. The van der Waals surface area contributed by atoms with Crippen LogP contribution in [0.1, 0.15) is 303 Å². The minimum absolute atomic E-state index is 0.0767. The molecule has 65 heavy (non-hydrogen) atoms. The summed E-state index contributed by atoms with van der Waals surface area (Å²) in [5, 5.41) is 0. The average Bonchev–Trinajstić information content (AvgIpc) is 3.30. The van der Waals surface area contributed by atoms with Gasteiger partial charge in [-0.25, -0.2) is 0 Å². The molecule has 0 fully saturated rings. The molecule has 0 unspecified atom stereocenters. The summed E-state index contributed by atoms with van der Waals surface area (Å²) in [7, 11) is 0. The van der Waals surface area contributed by atoms with Gasteiger partial charge in [-0.3, -0.25) is 14.4 Å². The predicted molar refractivity (Wildman–Crippen MR) is 279 cm³/mol. The Bertz CT molecular complexity index is 1090. The number of carbonyl (C=O) groups excluding carboxylic acids is 3. The first-order valence-electron chi connectivity index (χ1n) is 28.5. The highest BCUT2D eigenvalue weighted by Crippen LogP contribution is 2.15. The zero-order valence-corrected chi connectivity index (χ0v) is 43.5. The standard InChI is InChI=1S/C59H108O6/c1-4-7-10-13-16-19-22-25-27-29-31-34-37-40-43-46-49-52-58(61)64-55-56(54-63-57(60)51-48-45-42-39-36-33-24-21-18-15-12-9-6-3)65-59(62)53-50-47-44-41-38-35-32-30-28-26-23-20-17-14-11-8-5-2/h21,24-28,56H,4-20,22-23,29-55H2,1-3H3/t56-/m1/s1. The first kappa shape index (κ1) is 62.6. The second kappa shape index (κ2) is 54.2. The molecule has 0 amide bonds. The minimum atomic E-state index is -0.777. The van der Waals surface area contributed by atoms with E-state index in [0.717, 1.165) is 64.2 Å². The van der Waals surface area contributed by atoms with E-state index in [2.05, 4.69) is 57.2 Å². The van der Waals surface area contributed by atoms with Crippen LogP contribution in [0.25, 0.3) is 0 Å². The highest BCUT2D eigenvalue weighted by atomic mass is 16.6. The number of carbonyl (C=O) groups is 3. The monoisotopic (exact) mass is 913 g/mol. The first-order chi connectivity index (χ1) is 32.0. The summed E-state index contributed by atoms with van der Waals surface area (Å²) in [6.45, 7) is 6.63. The molecular formula is C59H108O6. The van der Waals surface area contributed by atoms with Gasteiger partial charge in [0.25, 0.3) is 0 Å². The second-order valence-corrected chi connectivity index (χ2v) is 19.2. The molecule has 0 saturated heterocycles. The molecule has 6 heteroatoms. The van der Waals surface area contributed by atoms with Gasteiger partial charge in [0.05, 0.1) is 0 Å². The molecule has 380 valence electrons. The summed E-state index contributed by atoms with van der Waals surface area (Å²) in [6.07, 6.45) is 64.1. The molecule has 0 heterocycles. The fourth-order valence-electron chi connectivity index (χ4n) is 8.25. The van der Waals surface area contributed by atoms with Gasteiger partial charge in [0.15, 0.2) is 6.10 Å². The van der Waals surface area contributed by atoms with Crippen LogP contribution >= 0.6 is 0 Å². The van der Waals surface area contributed by atoms with Gasteiger partial charge in [0.1, 0.15) is 13.2 Å². The number of rotatable bonds is 52. The van der Waals surface area contributed by atoms with Crippen LogP contribution in [0.3, 0.4) is 0 Å². The molecule has 0 saturated carbocycles. The zero-order chi connectivity index (χ0) is 47.2. The largest absolute Gasteiger partial charge is 0.462 e. The maximum atomic E-state index is 12.8. The highest BCUT2D eigenvalue weighted by molar-refractivity contribution is 5.71. The van der Waals surface area contributed by atoms with Crippen LogP contribution in [0.2, 0.25) is 0 Å². The Balaban J connectivity index is 4.36. The fraction of sp³-hybridized carbons (Fsp3) is 0.847. The van der Waals surface area contributed by atoms with Crippen LogP contribution in [0.4, 0.5) is 0 Å². The van der Waals surface area contributed by atoms with Gasteiger partial charge in [-0.1, -0.05) is 224 Å². The van der Waals surface area contributed by atoms with Crippen molar-refractivity contribution in [1.82, 2.24) is 0 Å². The Labute approximate surface area is 404 Å². The molecule has 0 aliphatic rings. The zero-order valence-electron chi connectivity index (χ0n) is 43.5. The molecule has 0 N–H and O–H groups in total. The van der Waals surface area contributed by atoms with Crippen LogP contribution < -0.4 is 0 Å². The predicted octanol–water partition coefficient (Wildman–Crippen LogP) is 18.9. The molecule has 0 aromatic carbocycles. The number of hydrogen-bond donors (Lipinski definition) is 0. The molecule has 6 nitrogen and oxygen atoms in total. The van der Waals surface area contributed by atoms with Crippen molar-refractivity contribution in [3.8, 4) is 0 Å². The number of unbranched alkanes of at least 4 members (excludes halogenated alkanes) is 35. The van der Waals surface area contributed by atoms with E-state index in [1.54, 1.807) is 0 Å². The number of hydrogen-bond acceptors (Lipinski definition) is 6. The van der Waals surface area contributed by atoms with Crippen molar-refractivity contribution < 1.29 is 28.6 Å². The van der Waals surface area contributed by atoms with Gasteiger partial charge in [0.2, 0.25) is 0 Å². The Morgan fingerprint density at radius 3 is 0.785 bits per heavy atom. The summed E-state index contributed by atoms with van der Waals surface area (Å²) in [4.78, 5) is 38.1. The molecule has 0 rings (SSSR count). The van der Waals surface area contributed by atoms with E-state index in [4.69, 9.17) is 14.2 Å². The van der Waals surface area contributed by atoms with Crippen LogP contribution in [0.5, 0.6) is 0 Å². The van der Waals surface area contributed by atoms with Crippen LogP contribution in [0, 0.1) is 0 Å². The lowest BCUT2D eigenvalue weighted by molar-refractivity contribution is -0.167. The van der Waals surface area contributed by atoms with E-state index in [9.17, 15) is 14.4 Å². The van der Waals surface area contributed by atoms with E-state index in [1.165, 1.54) is 199 Å². The lowest BCUT2D eigenvalue weighted by atomic mass is 10.1. The molecule has 0 spiro atoms. The Morgan fingerprint density at radius 1 is 0.292 bits per heavy atom. The molecule has 0 aromatic rings. The van der Waals surface area contributed by atoms with Gasteiger partial charge in [0, 0.05) is 19.3 Å². The van der Waals surface area contributed by atoms with Gasteiger partial charge < -0.3 is 14.2 Å².